The highest BCUT2D eigenvalue weighted by Crippen LogP contribution is 2.37. The smallest absolute Gasteiger partial charge is 0.268 e. The molecule has 2 aromatic heterocycles. The first kappa shape index (κ1) is 24.0. The zero-order valence-electron chi connectivity index (χ0n) is 21.0. The normalized spacial score (nSPS) is 14.7. The molecule has 1 N–H and O–H groups in total. The van der Waals surface area contributed by atoms with Gasteiger partial charge in [0.05, 0.1) is 36.6 Å². The second-order valence-electron chi connectivity index (χ2n) is 9.54. The van der Waals surface area contributed by atoms with Gasteiger partial charge in [-0.2, -0.15) is 5.10 Å². The number of rotatable bonds is 6. The zero-order valence-corrected chi connectivity index (χ0v) is 21.8. The predicted octanol–water partition coefficient (Wildman–Crippen LogP) is 4.82. The van der Waals surface area contributed by atoms with Crippen molar-refractivity contribution in [3.8, 4) is 11.4 Å². The van der Waals surface area contributed by atoms with E-state index in [-0.39, 0.29) is 11.2 Å². The molecule has 0 saturated heterocycles. The molecule has 5 rings (SSSR count). The first-order valence-electron chi connectivity index (χ1n) is 11.7. The van der Waals surface area contributed by atoms with Crippen molar-refractivity contribution >= 4 is 39.4 Å². The van der Waals surface area contributed by atoms with E-state index >= 15 is 0 Å². The SMILES string of the molecule is COc1ccc(-n2c(N/N=C/c3ccc(N(C)C)cc3)nc3sc4c(c3c2=O)CC(C)(C)OC4)cc1. The number of aromatic nitrogens is 2. The van der Waals surface area contributed by atoms with Gasteiger partial charge in [0.15, 0.2) is 0 Å². The molecule has 186 valence electrons. The first-order valence-corrected chi connectivity index (χ1v) is 12.5. The molecule has 0 radical (unpaired) electrons. The molecule has 0 spiro atoms. The Morgan fingerprint density at radius 1 is 1.17 bits per heavy atom. The Balaban J connectivity index is 1.58. The number of benzene rings is 2. The van der Waals surface area contributed by atoms with Gasteiger partial charge in [0, 0.05) is 31.1 Å². The average Bonchev–Trinajstić information content (AvgIpc) is 3.21. The molecule has 0 atom stereocenters. The summed E-state index contributed by atoms with van der Waals surface area (Å²) in [5.74, 6) is 1.05. The van der Waals surface area contributed by atoms with Crippen LogP contribution in [0.15, 0.2) is 58.4 Å². The Labute approximate surface area is 213 Å². The summed E-state index contributed by atoms with van der Waals surface area (Å²) in [4.78, 5) is 22.6. The maximum absolute atomic E-state index is 13.9. The summed E-state index contributed by atoms with van der Waals surface area (Å²) in [6.07, 6.45) is 2.37. The third-order valence-corrected chi connectivity index (χ3v) is 7.32. The minimum atomic E-state index is -0.332. The molecule has 1 aliphatic rings. The highest BCUT2D eigenvalue weighted by Gasteiger charge is 2.31. The second-order valence-corrected chi connectivity index (χ2v) is 10.6. The van der Waals surface area contributed by atoms with Crippen LogP contribution < -0.4 is 20.6 Å². The number of anilines is 2. The van der Waals surface area contributed by atoms with Crippen LogP contribution in [0.4, 0.5) is 11.6 Å². The number of thiophene rings is 1. The minimum Gasteiger partial charge on any atom is -0.497 e. The quantitative estimate of drug-likeness (QED) is 0.300. The van der Waals surface area contributed by atoms with E-state index in [1.807, 2.05) is 81.4 Å². The van der Waals surface area contributed by atoms with Crippen molar-refractivity contribution in [1.82, 2.24) is 9.55 Å². The van der Waals surface area contributed by atoms with E-state index in [2.05, 4.69) is 10.5 Å². The second kappa shape index (κ2) is 9.40. The highest BCUT2D eigenvalue weighted by atomic mass is 32.1. The summed E-state index contributed by atoms with van der Waals surface area (Å²) < 4.78 is 12.9. The number of hydrazone groups is 1. The van der Waals surface area contributed by atoms with Crippen molar-refractivity contribution < 1.29 is 9.47 Å². The number of fused-ring (bicyclic) bond motifs is 3. The van der Waals surface area contributed by atoms with E-state index < -0.39 is 0 Å². The van der Waals surface area contributed by atoms with Gasteiger partial charge in [-0.15, -0.1) is 11.3 Å². The molecule has 9 heteroatoms. The van der Waals surface area contributed by atoms with Gasteiger partial charge in [-0.05, 0) is 61.4 Å². The van der Waals surface area contributed by atoms with E-state index in [1.54, 1.807) is 17.9 Å². The summed E-state index contributed by atoms with van der Waals surface area (Å²) in [6.45, 7) is 4.57. The van der Waals surface area contributed by atoms with Gasteiger partial charge in [-0.3, -0.25) is 4.79 Å². The third-order valence-electron chi connectivity index (χ3n) is 6.22. The van der Waals surface area contributed by atoms with Crippen LogP contribution in [0.25, 0.3) is 15.9 Å². The summed E-state index contributed by atoms with van der Waals surface area (Å²) >= 11 is 1.51. The van der Waals surface area contributed by atoms with Crippen molar-refractivity contribution in [2.45, 2.75) is 32.5 Å². The lowest BCUT2D eigenvalue weighted by atomic mass is 9.94. The Kier molecular flexibility index (Phi) is 6.27. The van der Waals surface area contributed by atoms with Crippen LogP contribution in [0.2, 0.25) is 0 Å². The fourth-order valence-electron chi connectivity index (χ4n) is 4.26. The van der Waals surface area contributed by atoms with Crippen molar-refractivity contribution in [1.29, 1.82) is 0 Å². The summed E-state index contributed by atoms with van der Waals surface area (Å²) in [5.41, 5.74) is 6.29. The van der Waals surface area contributed by atoms with Gasteiger partial charge in [0.25, 0.3) is 5.56 Å². The molecule has 36 heavy (non-hydrogen) atoms. The Bertz CT molecular complexity index is 1490. The largest absolute Gasteiger partial charge is 0.497 e. The molecule has 0 unspecified atom stereocenters. The van der Waals surface area contributed by atoms with Gasteiger partial charge in [-0.1, -0.05) is 12.1 Å². The first-order chi connectivity index (χ1) is 17.3. The lowest BCUT2D eigenvalue weighted by Gasteiger charge is -2.29. The zero-order chi connectivity index (χ0) is 25.4. The summed E-state index contributed by atoms with van der Waals surface area (Å²) in [7, 11) is 5.61. The molecule has 2 aromatic carbocycles. The van der Waals surface area contributed by atoms with Crippen LogP contribution in [0.3, 0.4) is 0 Å². The number of nitrogens with zero attached hydrogens (tertiary/aromatic N) is 4. The lowest BCUT2D eigenvalue weighted by molar-refractivity contribution is -0.0379. The van der Waals surface area contributed by atoms with E-state index in [4.69, 9.17) is 14.5 Å². The number of ether oxygens (including phenoxy) is 2. The Hall–Kier alpha value is -3.69. The van der Waals surface area contributed by atoms with Gasteiger partial charge in [0.2, 0.25) is 5.95 Å². The highest BCUT2D eigenvalue weighted by molar-refractivity contribution is 7.18. The molecule has 8 nitrogen and oxygen atoms in total. The standard InChI is InChI=1S/C27H29N5O3S/c1-27(2)14-21-22(16-35-27)36-24-23(21)25(33)32(19-10-12-20(34-5)13-11-19)26(29-24)30-28-15-17-6-8-18(9-7-17)31(3)4/h6-13,15H,14,16H2,1-5H3,(H,29,30)/b28-15+. The molecular formula is C27H29N5O3S. The maximum atomic E-state index is 13.9. The van der Waals surface area contributed by atoms with Crippen molar-refractivity contribution in [3.63, 3.8) is 0 Å². The van der Waals surface area contributed by atoms with Gasteiger partial charge in [0.1, 0.15) is 10.6 Å². The van der Waals surface area contributed by atoms with E-state index in [0.717, 1.165) is 21.7 Å². The van der Waals surface area contributed by atoms with Gasteiger partial charge >= 0.3 is 0 Å². The molecule has 1 aliphatic heterocycles. The third kappa shape index (κ3) is 4.59. The van der Waals surface area contributed by atoms with E-state index in [9.17, 15) is 4.79 Å². The summed E-state index contributed by atoms with van der Waals surface area (Å²) in [5, 5.41) is 5.05. The van der Waals surface area contributed by atoms with Crippen LogP contribution in [-0.4, -0.2) is 42.6 Å². The van der Waals surface area contributed by atoms with E-state index in [0.29, 0.717) is 40.6 Å². The lowest BCUT2D eigenvalue weighted by Crippen LogP contribution is -2.32. The molecule has 0 aliphatic carbocycles. The average molecular weight is 504 g/mol. The molecule has 0 amide bonds. The van der Waals surface area contributed by atoms with Gasteiger partial charge in [-0.25, -0.2) is 15.0 Å². The van der Waals surface area contributed by atoms with Crippen LogP contribution >= 0.6 is 11.3 Å². The fraction of sp³-hybridized carbons (Fsp3) is 0.296. The summed E-state index contributed by atoms with van der Waals surface area (Å²) in [6, 6.07) is 15.4. The topological polar surface area (TPSA) is 81.0 Å². The van der Waals surface area contributed by atoms with E-state index in [1.165, 1.54) is 11.3 Å². The predicted molar refractivity (Wildman–Crippen MR) is 146 cm³/mol. The molecular weight excluding hydrogens is 474 g/mol. The molecule has 0 saturated carbocycles. The van der Waals surface area contributed by atoms with Crippen LogP contribution in [-0.2, 0) is 17.8 Å². The van der Waals surface area contributed by atoms with Gasteiger partial charge < -0.3 is 14.4 Å². The molecule has 0 fully saturated rings. The van der Waals surface area contributed by atoms with Crippen LogP contribution in [0.5, 0.6) is 5.75 Å². The fourth-order valence-corrected chi connectivity index (χ4v) is 5.35. The van der Waals surface area contributed by atoms with Crippen LogP contribution in [0.1, 0.15) is 29.9 Å². The van der Waals surface area contributed by atoms with Crippen molar-refractivity contribution in [2.75, 3.05) is 31.5 Å². The Morgan fingerprint density at radius 3 is 2.56 bits per heavy atom. The van der Waals surface area contributed by atoms with Crippen molar-refractivity contribution in [2.24, 2.45) is 5.10 Å². The Morgan fingerprint density at radius 2 is 1.89 bits per heavy atom. The number of nitrogens with one attached hydrogen (secondary N) is 1. The molecule has 0 bridgehead atoms. The number of hydrogen-bond donors (Lipinski definition) is 1. The van der Waals surface area contributed by atoms with Crippen molar-refractivity contribution in [3.05, 3.63) is 74.9 Å². The minimum absolute atomic E-state index is 0.131. The molecule has 3 heterocycles. The monoisotopic (exact) mass is 503 g/mol. The van der Waals surface area contributed by atoms with Crippen LogP contribution in [0, 0.1) is 0 Å². The maximum Gasteiger partial charge on any atom is 0.268 e. The molecule has 4 aromatic rings. The number of methoxy groups -OCH3 is 1. The number of hydrogen-bond acceptors (Lipinski definition) is 8.